The van der Waals surface area contributed by atoms with Gasteiger partial charge in [0.2, 0.25) is 0 Å². The maximum atomic E-state index is 5.65. The van der Waals surface area contributed by atoms with E-state index in [0.717, 1.165) is 13.2 Å². The molecular formula is C12H14NO2+. The van der Waals surface area contributed by atoms with Gasteiger partial charge in [0.15, 0.2) is 5.69 Å². The van der Waals surface area contributed by atoms with E-state index in [9.17, 15) is 0 Å². The fourth-order valence-corrected chi connectivity index (χ4v) is 2.12. The van der Waals surface area contributed by atoms with Crippen LogP contribution in [0.5, 0.6) is 0 Å². The second kappa shape index (κ2) is 3.17. The molecule has 2 atom stereocenters. The molecule has 15 heavy (non-hydrogen) atoms. The highest BCUT2D eigenvalue weighted by Gasteiger charge is 2.42. The van der Waals surface area contributed by atoms with Crippen molar-refractivity contribution in [2.45, 2.75) is 6.10 Å². The van der Waals surface area contributed by atoms with Crippen LogP contribution in [0.3, 0.4) is 0 Å². The van der Waals surface area contributed by atoms with E-state index in [2.05, 4.69) is 24.4 Å². The summed E-state index contributed by atoms with van der Waals surface area (Å²) >= 11 is 0. The van der Waals surface area contributed by atoms with Crippen molar-refractivity contribution in [2.75, 3.05) is 20.3 Å². The van der Waals surface area contributed by atoms with Crippen molar-refractivity contribution in [3.63, 3.8) is 0 Å². The molecule has 0 spiro atoms. The third-order valence-electron chi connectivity index (χ3n) is 3.04. The van der Waals surface area contributed by atoms with Crippen LogP contribution >= 0.6 is 0 Å². The monoisotopic (exact) mass is 204 g/mol. The van der Waals surface area contributed by atoms with Crippen molar-refractivity contribution < 1.29 is 9.57 Å². The lowest BCUT2D eigenvalue weighted by Crippen LogP contribution is -2.44. The standard InChI is InChI=1S/C12H14NO2/c1-14-13(8-11-9-15-11)7-6-10-4-2-3-5-12(10)13/h2-7,11H,8-9H2,1H3/q+1. The molecule has 2 aliphatic heterocycles. The lowest BCUT2D eigenvalue weighted by atomic mass is 10.2. The minimum atomic E-state index is 0.348. The lowest BCUT2D eigenvalue weighted by Gasteiger charge is -2.26. The van der Waals surface area contributed by atoms with Crippen LogP contribution in [0, 0.1) is 0 Å². The summed E-state index contributed by atoms with van der Waals surface area (Å²) in [6.45, 7) is 1.73. The Morgan fingerprint density at radius 3 is 3.00 bits per heavy atom. The van der Waals surface area contributed by atoms with Gasteiger partial charge < -0.3 is 4.74 Å². The molecule has 0 radical (unpaired) electrons. The van der Waals surface area contributed by atoms with E-state index in [0.29, 0.717) is 10.8 Å². The second-order valence-corrected chi connectivity index (χ2v) is 3.99. The largest absolute Gasteiger partial charge is 0.367 e. The highest BCUT2D eigenvalue weighted by molar-refractivity contribution is 5.72. The summed E-state index contributed by atoms with van der Waals surface area (Å²) < 4.78 is 5.74. The molecule has 2 unspecified atom stereocenters. The van der Waals surface area contributed by atoms with Crippen LogP contribution in [0.4, 0.5) is 5.69 Å². The molecule has 2 heterocycles. The summed E-state index contributed by atoms with van der Waals surface area (Å²) in [6.07, 6.45) is 4.55. The minimum absolute atomic E-state index is 0.348. The first kappa shape index (κ1) is 9.09. The summed E-state index contributed by atoms with van der Waals surface area (Å²) in [4.78, 5) is 5.65. The molecule has 1 saturated heterocycles. The summed E-state index contributed by atoms with van der Waals surface area (Å²) in [5.41, 5.74) is 2.44. The van der Waals surface area contributed by atoms with Crippen LogP contribution in [-0.2, 0) is 9.57 Å². The van der Waals surface area contributed by atoms with Crippen LogP contribution in [0.25, 0.3) is 6.08 Å². The van der Waals surface area contributed by atoms with Gasteiger partial charge in [-0.15, -0.1) is 4.65 Å². The fraction of sp³-hybridized carbons (Fsp3) is 0.333. The predicted molar refractivity (Wildman–Crippen MR) is 58.9 cm³/mol. The van der Waals surface area contributed by atoms with E-state index >= 15 is 0 Å². The molecule has 78 valence electrons. The average Bonchev–Trinajstić information content (AvgIpc) is 3.01. The van der Waals surface area contributed by atoms with E-state index in [1.807, 2.05) is 12.1 Å². The van der Waals surface area contributed by atoms with Crippen LogP contribution < -0.4 is 4.65 Å². The smallest absolute Gasteiger partial charge is 0.177 e. The van der Waals surface area contributed by atoms with Gasteiger partial charge in [0.1, 0.15) is 18.8 Å². The molecule has 0 aliphatic carbocycles. The zero-order valence-electron chi connectivity index (χ0n) is 8.72. The number of fused-ring (bicyclic) bond motifs is 1. The molecule has 1 fully saturated rings. The number of epoxide rings is 1. The van der Waals surface area contributed by atoms with E-state index in [4.69, 9.17) is 9.57 Å². The first-order valence-corrected chi connectivity index (χ1v) is 5.18. The molecule has 0 N–H and O–H groups in total. The molecule has 2 aliphatic rings. The Bertz CT molecular complexity index is 412. The van der Waals surface area contributed by atoms with Gasteiger partial charge in [0.05, 0.1) is 13.7 Å². The summed E-state index contributed by atoms with van der Waals surface area (Å²) in [5, 5.41) is 0. The van der Waals surface area contributed by atoms with Crippen molar-refractivity contribution in [1.82, 2.24) is 4.65 Å². The van der Waals surface area contributed by atoms with Gasteiger partial charge in [0, 0.05) is 17.7 Å². The number of quaternary nitrogens is 1. The van der Waals surface area contributed by atoms with Crippen molar-refractivity contribution >= 4 is 11.8 Å². The quantitative estimate of drug-likeness (QED) is 0.554. The highest BCUT2D eigenvalue weighted by Crippen LogP contribution is 2.36. The molecular weight excluding hydrogens is 190 g/mol. The highest BCUT2D eigenvalue weighted by atomic mass is 16.7. The number of hydrogen-bond acceptors (Lipinski definition) is 2. The Morgan fingerprint density at radius 1 is 1.47 bits per heavy atom. The van der Waals surface area contributed by atoms with Gasteiger partial charge in [-0.3, -0.25) is 0 Å². The topological polar surface area (TPSA) is 21.8 Å². The number of hydroxylamine groups is 2. The van der Waals surface area contributed by atoms with Gasteiger partial charge in [-0.05, 0) is 6.07 Å². The molecule has 0 amide bonds. The van der Waals surface area contributed by atoms with Crippen LogP contribution in [0.2, 0.25) is 0 Å². The number of nitrogens with zero attached hydrogens (tertiary/aromatic N) is 1. The Balaban J connectivity index is 2.00. The predicted octanol–water partition coefficient (Wildman–Crippen LogP) is 1.94. The Morgan fingerprint density at radius 2 is 2.27 bits per heavy atom. The summed E-state index contributed by atoms with van der Waals surface area (Å²) in [5.74, 6) is 0. The number of rotatable bonds is 3. The maximum absolute atomic E-state index is 5.65. The van der Waals surface area contributed by atoms with Crippen molar-refractivity contribution in [3.05, 3.63) is 36.0 Å². The molecule has 1 aromatic rings. The molecule has 0 saturated carbocycles. The zero-order chi connectivity index (χ0) is 10.3. The SMILES string of the molecule is CO[N+]1(CC2CO2)C=Cc2ccccc21. The molecule has 3 heteroatoms. The Kier molecular flexibility index (Phi) is 1.92. The minimum Gasteiger partial charge on any atom is -0.367 e. The molecule has 0 aromatic heterocycles. The Hall–Kier alpha value is -1.16. The van der Waals surface area contributed by atoms with Gasteiger partial charge in [0.25, 0.3) is 0 Å². The molecule has 0 bridgehead atoms. The first-order chi connectivity index (χ1) is 7.34. The molecule has 1 aromatic carbocycles. The van der Waals surface area contributed by atoms with E-state index in [1.54, 1.807) is 7.11 Å². The first-order valence-electron chi connectivity index (χ1n) is 5.18. The third-order valence-corrected chi connectivity index (χ3v) is 3.04. The number of benzene rings is 1. The van der Waals surface area contributed by atoms with Gasteiger partial charge in [-0.1, -0.05) is 12.1 Å². The van der Waals surface area contributed by atoms with Crippen LogP contribution in [0.15, 0.2) is 30.5 Å². The maximum Gasteiger partial charge on any atom is 0.177 e. The van der Waals surface area contributed by atoms with E-state index < -0.39 is 0 Å². The summed E-state index contributed by atoms with van der Waals surface area (Å²) in [7, 11) is 1.74. The van der Waals surface area contributed by atoms with E-state index in [1.165, 1.54) is 11.3 Å². The number of hydrogen-bond donors (Lipinski definition) is 0. The fourth-order valence-electron chi connectivity index (χ4n) is 2.12. The molecule has 3 rings (SSSR count). The normalized spacial score (nSPS) is 31.7. The van der Waals surface area contributed by atoms with E-state index in [-0.39, 0.29) is 0 Å². The second-order valence-electron chi connectivity index (χ2n) is 3.99. The number of para-hydroxylation sites is 1. The third kappa shape index (κ3) is 1.40. The summed E-state index contributed by atoms with van der Waals surface area (Å²) in [6, 6.07) is 8.32. The van der Waals surface area contributed by atoms with Crippen molar-refractivity contribution in [1.29, 1.82) is 0 Å². The van der Waals surface area contributed by atoms with Gasteiger partial charge >= 0.3 is 0 Å². The lowest BCUT2D eigenvalue weighted by molar-refractivity contribution is -0.0787. The van der Waals surface area contributed by atoms with Gasteiger partial charge in [-0.25, -0.2) is 0 Å². The number of ether oxygens (including phenoxy) is 1. The van der Waals surface area contributed by atoms with Gasteiger partial charge in [-0.2, -0.15) is 4.84 Å². The van der Waals surface area contributed by atoms with Crippen LogP contribution in [-0.4, -0.2) is 26.4 Å². The van der Waals surface area contributed by atoms with Crippen LogP contribution in [0.1, 0.15) is 5.56 Å². The van der Waals surface area contributed by atoms with Crippen molar-refractivity contribution in [2.24, 2.45) is 0 Å². The Labute approximate surface area is 89.1 Å². The zero-order valence-corrected chi connectivity index (χ0v) is 8.72. The van der Waals surface area contributed by atoms with Crippen molar-refractivity contribution in [3.8, 4) is 0 Å². The average molecular weight is 204 g/mol. The molecule has 3 nitrogen and oxygen atoms in total.